The Morgan fingerprint density at radius 3 is 1.67 bits per heavy atom. The molecule has 6 nitrogen and oxygen atoms in total. The van der Waals surface area contributed by atoms with Gasteiger partial charge in [0.15, 0.2) is 25.0 Å². The first-order valence-electron chi connectivity index (χ1n) is 11.2. The first-order chi connectivity index (χ1) is 13.4. The maximum atomic E-state index is 12.8. The fourth-order valence-corrected chi connectivity index (χ4v) is 17.7. The topological polar surface area (TPSA) is 71.8 Å². The maximum Gasteiger partial charge on any atom is 0.469 e. The molecule has 0 spiro atoms. The molecule has 0 fully saturated rings. The quantitative estimate of drug-likeness (QED) is 0.294. The van der Waals surface area contributed by atoms with Gasteiger partial charge in [-0.25, -0.2) is 0 Å². The molecule has 0 aliphatic rings. The summed E-state index contributed by atoms with van der Waals surface area (Å²) < 4.78 is 20.1. The first kappa shape index (κ1) is 29.7. The van der Waals surface area contributed by atoms with Crippen LogP contribution < -0.4 is 0 Å². The molecule has 0 aliphatic carbocycles. The predicted molar refractivity (Wildman–Crippen MR) is 135 cm³/mol. The molecule has 0 radical (unpaired) electrons. The van der Waals surface area contributed by atoms with Crippen LogP contribution in [-0.2, 0) is 17.1 Å². The molecule has 176 valence electrons. The molecule has 10 heteroatoms. The summed E-state index contributed by atoms with van der Waals surface area (Å²) in [7, 11) is -8.60. The van der Waals surface area contributed by atoms with E-state index in [9.17, 15) is 4.79 Å². The summed E-state index contributed by atoms with van der Waals surface area (Å²) in [6.45, 7) is 24.7. The molecule has 1 atom stereocenters. The van der Waals surface area contributed by atoms with Crippen molar-refractivity contribution in [2.24, 2.45) is 5.92 Å². The molecule has 1 unspecified atom stereocenters. The van der Waals surface area contributed by atoms with Crippen LogP contribution in [0.5, 0.6) is 0 Å². The Hall–Kier alpha value is -0.292. The van der Waals surface area contributed by atoms with Crippen molar-refractivity contribution in [3.05, 3.63) is 0 Å². The second-order valence-corrected chi connectivity index (χ2v) is 28.0. The van der Waals surface area contributed by atoms with Gasteiger partial charge >= 0.3 is 8.80 Å². The van der Waals surface area contributed by atoms with Crippen LogP contribution >= 0.6 is 0 Å². The van der Waals surface area contributed by atoms with E-state index in [1.54, 1.807) is 0 Å². The van der Waals surface area contributed by atoms with E-state index in [2.05, 4.69) is 65.0 Å². The fourth-order valence-electron chi connectivity index (χ4n) is 3.10. The molecule has 0 heterocycles. The van der Waals surface area contributed by atoms with Gasteiger partial charge in [0.25, 0.3) is 0 Å². The number of nitrogens with zero attached hydrogens (tertiary/aromatic N) is 2. The second kappa shape index (κ2) is 12.1. The van der Waals surface area contributed by atoms with Crippen LogP contribution in [0, 0.1) is 17.2 Å². The van der Waals surface area contributed by atoms with Crippen molar-refractivity contribution in [1.82, 2.24) is 4.90 Å². The Labute approximate surface area is 190 Å². The van der Waals surface area contributed by atoms with Gasteiger partial charge in [0.1, 0.15) is 0 Å². The van der Waals surface area contributed by atoms with Gasteiger partial charge in [-0.3, -0.25) is 4.79 Å². The van der Waals surface area contributed by atoms with Crippen LogP contribution in [0.4, 0.5) is 0 Å². The Balaban J connectivity index is 5.63. The third-order valence-corrected chi connectivity index (χ3v) is 16.2. The Morgan fingerprint density at radius 1 is 0.900 bits per heavy atom. The van der Waals surface area contributed by atoms with Gasteiger partial charge in [0.05, 0.1) is 12.5 Å². The van der Waals surface area contributed by atoms with Gasteiger partial charge in [0.2, 0.25) is 5.91 Å². The lowest BCUT2D eigenvalue weighted by molar-refractivity contribution is -0.135. The molecule has 0 N–H and O–H groups in total. The number of rotatable bonds is 14. The molecule has 30 heavy (non-hydrogen) atoms. The molecule has 0 bridgehead atoms. The van der Waals surface area contributed by atoms with Gasteiger partial charge < -0.3 is 17.2 Å². The number of hydrogen-bond acceptors (Lipinski definition) is 5. The van der Waals surface area contributed by atoms with E-state index in [1.165, 1.54) is 0 Å². The van der Waals surface area contributed by atoms with Crippen LogP contribution in [-0.4, -0.2) is 57.7 Å². The summed E-state index contributed by atoms with van der Waals surface area (Å²) >= 11 is 0. The fraction of sp³-hybridized carbons (Fsp3) is 0.900. The van der Waals surface area contributed by atoms with Crippen LogP contribution in [0.25, 0.3) is 0 Å². The van der Waals surface area contributed by atoms with Crippen molar-refractivity contribution in [2.45, 2.75) is 98.1 Å². The predicted octanol–water partition coefficient (Wildman–Crippen LogP) is 5.66. The van der Waals surface area contributed by atoms with Crippen molar-refractivity contribution in [2.75, 3.05) is 13.1 Å². The Bertz CT molecular complexity index is 537. The monoisotopic (exact) mass is 490 g/mol. The third kappa shape index (κ3) is 13.2. The third-order valence-electron chi connectivity index (χ3n) is 4.14. The molecule has 1 amide bonds. The highest BCUT2D eigenvalue weighted by Gasteiger charge is 2.49. The summed E-state index contributed by atoms with van der Waals surface area (Å²) in [6.07, 6.45) is 1.92. The number of carbonyl (C=O) groups excluding carboxylic acids is 1. The highest BCUT2D eigenvalue weighted by atomic mass is 28.5. The van der Waals surface area contributed by atoms with E-state index in [-0.39, 0.29) is 11.8 Å². The molecule has 0 saturated carbocycles. The van der Waals surface area contributed by atoms with Gasteiger partial charge in [-0.2, -0.15) is 5.26 Å². The number of nitriles is 1. The largest absolute Gasteiger partial charge is 0.469 e. The molecule has 0 aromatic heterocycles. The smallest absolute Gasteiger partial charge is 0.417 e. The van der Waals surface area contributed by atoms with Crippen LogP contribution in [0.2, 0.25) is 65.0 Å². The van der Waals surface area contributed by atoms with Crippen LogP contribution in [0.3, 0.4) is 0 Å². The minimum absolute atomic E-state index is 0.0274. The van der Waals surface area contributed by atoms with E-state index in [4.69, 9.17) is 17.6 Å². The highest BCUT2D eigenvalue weighted by Crippen LogP contribution is 2.30. The van der Waals surface area contributed by atoms with E-state index in [0.29, 0.717) is 25.6 Å². The summed E-state index contributed by atoms with van der Waals surface area (Å²) in [5.41, 5.74) is 0. The van der Waals surface area contributed by atoms with Gasteiger partial charge in [-0.15, -0.1) is 0 Å². The van der Waals surface area contributed by atoms with Crippen LogP contribution in [0.1, 0.15) is 33.1 Å². The van der Waals surface area contributed by atoms with E-state index in [0.717, 1.165) is 12.8 Å². The Kier molecular flexibility index (Phi) is 12.0. The normalized spacial score (nSPS) is 14.3. The van der Waals surface area contributed by atoms with Crippen molar-refractivity contribution >= 4 is 39.7 Å². The molecule has 0 aromatic carbocycles. The van der Waals surface area contributed by atoms with Crippen LogP contribution in [0.15, 0.2) is 0 Å². The minimum atomic E-state index is -2.89. The summed E-state index contributed by atoms with van der Waals surface area (Å²) in [5.74, 6) is 0.101. The van der Waals surface area contributed by atoms with Crippen molar-refractivity contribution < 1.29 is 17.1 Å². The van der Waals surface area contributed by atoms with E-state index in [1.807, 2.05) is 18.7 Å². The lowest BCUT2D eigenvalue weighted by Crippen LogP contribution is -2.60. The second-order valence-electron chi connectivity index (χ2n) is 11.0. The summed E-state index contributed by atoms with van der Waals surface area (Å²) in [4.78, 5) is 14.6. The lowest BCUT2D eigenvalue weighted by atomic mass is 10.1. The van der Waals surface area contributed by atoms with Crippen molar-refractivity contribution in [3.8, 4) is 6.07 Å². The van der Waals surface area contributed by atoms with Gasteiger partial charge in [-0.1, -0.05) is 13.8 Å². The first-order valence-corrected chi connectivity index (χ1v) is 23.4. The average molecular weight is 491 g/mol. The minimum Gasteiger partial charge on any atom is -0.417 e. The zero-order valence-corrected chi connectivity index (χ0v) is 25.3. The molecule has 0 rings (SSSR count). The van der Waals surface area contributed by atoms with E-state index >= 15 is 0 Å². The molecule has 0 aliphatic heterocycles. The SMILES string of the molecule is CCC(C)C(=O)N(CCC#N)CCC[Si](O[Si](C)(C)C)(O[Si](C)(C)C)O[Si](C)(C)C. The average Bonchev–Trinajstić information content (AvgIpc) is 2.51. The van der Waals surface area contributed by atoms with Crippen molar-refractivity contribution in [1.29, 1.82) is 5.26 Å². The molecular weight excluding hydrogens is 445 g/mol. The summed E-state index contributed by atoms with van der Waals surface area (Å²) in [5, 5.41) is 9.00. The number of carbonyl (C=O) groups is 1. The zero-order chi connectivity index (χ0) is 23.8. The molecule has 0 saturated heterocycles. The Morgan fingerprint density at radius 2 is 1.33 bits per heavy atom. The van der Waals surface area contributed by atoms with E-state index < -0.39 is 33.8 Å². The maximum absolute atomic E-state index is 12.8. The van der Waals surface area contributed by atoms with Gasteiger partial charge in [-0.05, 0) is 71.8 Å². The number of amides is 1. The summed E-state index contributed by atoms with van der Waals surface area (Å²) in [6, 6.07) is 2.88. The standard InChI is InChI=1S/C20H46N2O4Si4/c1-12-19(2)20(23)22(16-13-15-21)17-14-18-30(24-27(3,4)5,25-28(6,7)8)26-29(9,10)11/h19H,12-14,16-18H2,1-11H3. The number of hydrogen-bond donors (Lipinski definition) is 0. The lowest BCUT2D eigenvalue weighted by Gasteiger charge is -2.43. The highest BCUT2D eigenvalue weighted by molar-refractivity contribution is 6.90. The van der Waals surface area contributed by atoms with Gasteiger partial charge in [0, 0.05) is 25.1 Å². The molecular formula is C20H46N2O4Si4. The van der Waals surface area contributed by atoms with Crippen molar-refractivity contribution in [3.63, 3.8) is 0 Å². The molecule has 0 aromatic rings. The zero-order valence-electron chi connectivity index (χ0n) is 21.3.